The molecular formula is C15H18FNO4. The second-order valence-corrected chi connectivity index (χ2v) is 5.15. The molecule has 1 aromatic carbocycles. The largest absolute Gasteiger partial charge is 0.496 e. The van der Waals surface area contributed by atoms with E-state index in [0.29, 0.717) is 12.2 Å². The van der Waals surface area contributed by atoms with Crippen LogP contribution in [0.1, 0.15) is 18.4 Å². The van der Waals surface area contributed by atoms with E-state index in [-0.39, 0.29) is 31.8 Å². The Morgan fingerprint density at radius 2 is 2.14 bits per heavy atom. The molecule has 6 heteroatoms. The van der Waals surface area contributed by atoms with Crippen LogP contribution in [0.4, 0.5) is 4.39 Å². The highest BCUT2D eigenvalue weighted by Crippen LogP contribution is 2.27. The Morgan fingerprint density at radius 1 is 1.43 bits per heavy atom. The number of aryl methyl sites for hydroxylation is 1. The fraction of sp³-hybridized carbons (Fsp3) is 0.467. The number of benzene rings is 1. The number of nitrogens with zero attached hydrogens (tertiary/aromatic N) is 1. The molecule has 1 N–H and O–H groups in total. The fourth-order valence-corrected chi connectivity index (χ4v) is 2.47. The van der Waals surface area contributed by atoms with Gasteiger partial charge in [-0.05, 0) is 18.1 Å². The maximum Gasteiger partial charge on any atom is 0.343 e. The molecule has 0 spiro atoms. The predicted octanol–water partition coefficient (Wildman–Crippen LogP) is 1.65. The molecule has 0 aromatic heterocycles. The number of rotatable bonds is 5. The molecule has 1 amide bonds. The number of likely N-dealkylation sites (tertiary alicyclic amines) is 1. The van der Waals surface area contributed by atoms with Crippen molar-refractivity contribution in [1.82, 2.24) is 4.90 Å². The van der Waals surface area contributed by atoms with Gasteiger partial charge in [-0.3, -0.25) is 4.79 Å². The predicted molar refractivity (Wildman–Crippen MR) is 74.0 cm³/mol. The number of methoxy groups -OCH3 is 1. The Balaban J connectivity index is 1.93. The van der Waals surface area contributed by atoms with E-state index < -0.39 is 11.6 Å². The molecule has 1 aliphatic heterocycles. The molecule has 1 fully saturated rings. The van der Waals surface area contributed by atoms with Gasteiger partial charge in [-0.25, -0.2) is 9.18 Å². The monoisotopic (exact) mass is 295 g/mol. The Bertz CT molecular complexity index is 548. The minimum Gasteiger partial charge on any atom is -0.496 e. The van der Waals surface area contributed by atoms with Gasteiger partial charge < -0.3 is 14.7 Å². The van der Waals surface area contributed by atoms with Crippen molar-refractivity contribution in [2.45, 2.75) is 24.9 Å². The summed E-state index contributed by atoms with van der Waals surface area (Å²) in [6.45, 7) is -0.222. The lowest BCUT2D eigenvalue weighted by atomic mass is 10.1. The van der Waals surface area contributed by atoms with Crippen LogP contribution in [0.5, 0.6) is 5.75 Å². The summed E-state index contributed by atoms with van der Waals surface area (Å²) in [4.78, 5) is 24.2. The third-order valence-electron chi connectivity index (χ3n) is 3.76. The second-order valence-electron chi connectivity index (χ2n) is 5.15. The molecule has 0 saturated carbocycles. The molecule has 1 atom stereocenters. The van der Waals surface area contributed by atoms with Crippen LogP contribution >= 0.6 is 0 Å². The molecule has 0 aliphatic carbocycles. The normalized spacial score (nSPS) is 21.3. The lowest BCUT2D eigenvalue weighted by Gasteiger charge is -2.18. The molecule has 1 aromatic rings. The zero-order chi connectivity index (χ0) is 15.5. The highest BCUT2D eigenvalue weighted by Gasteiger charge is 2.46. The van der Waals surface area contributed by atoms with Crippen molar-refractivity contribution in [1.29, 1.82) is 0 Å². The number of hydrogen-bond donors (Lipinski definition) is 1. The number of alkyl halides is 1. The summed E-state index contributed by atoms with van der Waals surface area (Å²) in [5.74, 6) is -1.03. The lowest BCUT2D eigenvalue weighted by Crippen LogP contribution is -2.38. The number of aliphatic carboxylic acids is 1. The lowest BCUT2D eigenvalue weighted by molar-refractivity contribution is -0.150. The number of halogens is 1. The number of para-hydroxylation sites is 1. The average molecular weight is 295 g/mol. The first kappa shape index (κ1) is 15.3. The van der Waals surface area contributed by atoms with Crippen LogP contribution in [0.25, 0.3) is 0 Å². The highest BCUT2D eigenvalue weighted by atomic mass is 19.1. The van der Waals surface area contributed by atoms with Crippen LogP contribution < -0.4 is 4.74 Å². The van der Waals surface area contributed by atoms with Gasteiger partial charge in [-0.15, -0.1) is 0 Å². The van der Waals surface area contributed by atoms with Gasteiger partial charge in [0.2, 0.25) is 11.6 Å². The number of ether oxygens (including phenoxy) is 1. The Hall–Kier alpha value is -2.11. The minimum atomic E-state index is -2.31. The molecule has 0 radical (unpaired) electrons. The van der Waals surface area contributed by atoms with Crippen LogP contribution in [0.3, 0.4) is 0 Å². The van der Waals surface area contributed by atoms with Gasteiger partial charge in [-0.2, -0.15) is 0 Å². The summed E-state index contributed by atoms with van der Waals surface area (Å²) in [6, 6.07) is 7.38. The molecular weight excluding hydrogens is 277 g/mol. The zero-order valence-corrected chi connectivity index (χ0v) is 11.8. The summed E-state index contributed by atoms with van der Waals surface area (Å²) < 4.78 is 19.1. The number of carbonyl (C=O) groups is 2. The van der Waals surface area contributed by atoms with Crippen molar-refractivity contribution in [3.63, 3.8) is 0 Å². The van der Waals surface area contributed by atoms with E-state index in [9.17, 15) is 14.0 Å². The quantitative estimate of drug-likeness (QED) is 0.897. The van der Waals surface area contributed by atoms with E-state index in [0.717, 1.165) is 5.56 Å². The maximum absolute atomic E-state index is 13.9. The molecule has 2 rings (SSSR count). The number of carboxylic acids is 1. The summed E-state index contributed by atoms with van der Waals surface area (Å²) >= 11 is 0. The Morgan fingerprint density at radius 3 is 2.76 bits per heavy atom. The third kappa shape index (κ3) is 3.32. The van der Waals surface area contributed by atoms with E-state index >= 15 is 0 Å². The van der Waals surface area contributed by atoms with Crippen LogP contribution in [0, 0.1) is 0 Å². The Kier molecular flexibility index (Phi) is 4.45. The van der Waals surface area contributed by atoms with Crippen molar-refractivity contribution in [2.24, 2.45) is 0 Å². The summed E-state index contributed by atoms with van der Waals surface area (Å²) in [7, 11) is 1.56. The van der Waals surface area contributed by atoms with Gasteiger partial charge >= 0.3 is 5.97 Å². The van der Waals surface area contributed by atoms with Gasteiger partial charge in [0.05, 0.1) is 13.7 Å². The standard InChI is InChI=1S/C15H18FNO4/c1-21-12-5-3-2-4-11(12)6-7-13(18)17-9-8-15(16,10-17)14(19)20/h2-5H,6-10H2,1H3,(H,19,20). The minimum absolute atomic E-state index is 0.146. The van der Waals surface area contributed by atoms with E-state index in [1.165, 1.54) is 4.90 Å². The van der Waals surface area contributed by atoms with Crippen molar-refractivity contribution in [3.05, 3.63) is 29.8 Å². The van der Waals surface area contributed by atoms with Gasteiger partial charge in [-0.1, -0.05) is 18.2 Å². The van der Waals surface area contributed by atoms with Gasteiger partial charge in [0.15, 0.2) is 0 Å². The van der Waals surface area contributed by atoms with Gasteiger partial charge in [0.1, 0.15) is 5.75 Å². The molecule has 21 heavy (non-hydrogen) atoms. The summed E-state index contributed by atoms with van der Waals surface area (Å²) in [6.07, 6.45) is 0.532. The topological polar surface area (TPSA) is 66.8 Å². The number of carboxylic acid groups (broad SMARTS) is 1. The summed E-state index contributed by atoms with van der Waals surface area (Å²) in [5.41, 5.74) is -1.41. The van der Waals surface area contributed by atoms with Crippen molar-refractivity contribution in [2.75, 3.05) is 20.2 Å². The molecule has 114 valence electrons. The van der Waals surface area contributed by atoms with Gasteiger partial charge in [0, 0.05) is 19.4 Å². The SMILES string of the molecule is COc1ccccc1CCC(=O)N1CCC(F)(C(=O)O)C1. The average Bonchev–Trinajstić information content (AvgIpc) is 2.89. The van der Waals surface area contributed by atoms with Gasteiger partial charge in [0.25, 0.3) is 0 Å². The van der Waals surface area contributed by atoms with Crippen LogP contribution in [-0.4, -0.2) is 47.8 Å². The fourth-order valence-electron chi connectivity index (χ4n) is 2.47. The second kappa shape index (κ2) is 6.11. The van der Waals surface area contributed by atoms with Crippen molar-refractivity contribution >= 4 is 11.9 Å². The number of hydrogen-bond acceptors (Lipinski definition) is 3. The smallest absolute Gasteiger partial charge is 0.343 e. The first-order chi connectivity index (χ1) is 9.96. The van der Waals surface area contributed by atoms with Crippen LogP contribution in [0.15, 0.2) is 24.3 Å². The van der Waals surface area contributed by atoms with Crippen LogP contribution in [0.2, 0.25) is 0 Å². The maximum atomic E-state index is 13.9. The molecule has 1 saturated heterocycles. The molecule has 1 aliphatic rings. The first-order valence-electron chi connectivity index (χ1n) is 6.78. The van der Waals surface area contributed by atoms with Crippen molar-refractivity contribution in [3.8, 4) is 5.75 Å². The third-order valence-corrected chi connectivity index (χ3v) is 3.76. The van der Waals surface area contributed by atoms with E-state index in [2.05, 4.69) is 0 Å². The first-order valence-corrected chi connectivity index (χ1v) is 6.78. The summed E-state index contributed by atoms with van der Waals surface area (Å²) in [5, 5.41) is 8.82. The molecule has 5 nitrogen and oxygen atoms in total. The zero-order valence-electron chi connectivity index (χ0n) is 11.8. The molecule has 1 heterocycles. The highest BCUT2D eigenvalue weighted by molar-refractivity contribution is 5.82. The van der Waals surface area contributed by atoms with E-state index in [1.54, 1.807) is 7.11 Å². The number of amides is 1. The molecule has 0 bridgehead atoms. The Labute approximate surface area is 122 Å². The van der Waals surface area contributed by atoms with E-state index in [1.807, 2.05) is 24.3 Å². The number of carbonyl (C=O) groups excluding carboxylic acids is 1. The van der Waals surface area contributed by atoms with Crippen LogP contribution in [-0.2, 0) is 16.0 Å². The van der Waals surface area contributed by atoms with Crippen molar-refractivity contribution < 1.29 is 23.8 Å². The van der Waals surface area contributed by atoms with E-state index in [4.69, 9.17) is 9.84 Å². The molecule has 1 unspecified atom stereocenters.